The Balaban J connectivity index is 1.33. The Kier molecular flexibility index (Phi) is 6.76. The Morgan fingerprint density at radius 1 is 0.375 bits per heavy atom. The average molecular weight is 625 g/mol. The zero-order chi connectivity index (χ0) is 33.5. The fourth-order valence-electron chi connectivity index (χ4n) is 7.51. The zero-order valence-electron chi connectivity index (χ0n) is 29.4. The molecule has 2 heterocycles. The fraction of sp³-hybridized carbons (Fsp3) is 0.217. The topological polar surface area (TPSA) is 9.86 Å². The summed E-state index contributed by atoms with van der Waals surface area (Å²) in [5.41, 5.74) is 15.3. The Morgan fingerprint density at radius 2 is 0.750 bits per heavy atom. The van der Waals surface area contributed by atoms with Crippen molar-refractivity contribution >= 4 is 43.6 Å². The molecule has 2 aromatic heterocycles. The molecule has 2 nitrogen and oxygen atoms in total. The van der Waals surface area contributed by atoms with Gasteiger partial charge in [0.05, 0.1) is 22.1 Å². The van der Waals surface area contributed by atoms with E-state index in [0.717, 1.165) is 0 Å². The van der Waals surface area contributed by atoms with Crippen LogP contribution in [0.25, 0.3) is 66.1 Å². The van der Waals surface area contributed by atoms with Gasteiger partial charge in [-0.1, -0.05) is 102 Å². The normalized spacial score (nSPS) is 12.6. The third kappa shape index (κ3) is 4.77. The summed E-state index contributed by atoms with van der Waals surface area (Å²) in [6, 6.07) is 45.6. The van der Waals surface area contributed by atoms with Crippen LogP contribution >= 0.6 is 0 Å². The molecular weight excluding hydrogens is 581 g/mol. The maximum absolute atomic E-state index is 2.44. The monoisotopic (exact) mass is 624 g/mol. The van der Waals surface area contributed by atoms with Crippen molar-refractivity contribution in [3.8, 4) is 22.5 Å². The summed E-state index contributed by atoms with van der Waals surface area (Å²) >= 11 is 0. The van der Waals surface area contributed by atoms with Gasteiger partial charge in [-0.15, -0.1) is 0 Å². The SMILES string of the molecule is Cc1ccc(-n2c3ccccc3c3cc(C(C)(C)C)ccc32)cc1-c1cc(-n2c3ccccc3c3cc(C(C)(C)C)ccc32)ccc1C. The van der Waals surface area contributed by atoms with Crippen LogP contribution in [0, 0.1) is 13.8 Å². The molecule has 0 atom stereocenters. The van der Waals surface area contributed by atoms with Gasteiger partial charge in [0.15, 0.2) is 0 Å². The highest BCUT2D eigenvalue weighted by Gasteiger charge is 2.21. The minimum absolute atomic E-state index is 0.0855. The number of para-hydroxylation sites is 2. The standard InChI is InChI=1S/C46H44N2/c1-29-17-21-33(47-41-15-11-9-13-35(41)39-25-31(45(3,4)5)19-23-43(39)47)27-37(29)38-28-34(22-18-30(38)2)48-42-16-12-10-14-36(42)40-26-32(46(6,7)8)20-24-44(40)48/h9-28H,1-8H3. The molecule has 0 aliphatic heterocycles. The molecule has 0 bridgehead atoms. The van der Waals surface area contributed by atoms with E-state index in [0.29, 0.717) is 0 Å². The van der Waals surface area contributed by atoms with E-state index in [4.69, 9.17) is 0 Å². The van der Waals surface area contributed by atoms with Crippen LogP contribution in [0.5, 0.6) is 0 Å². The van der Waals surface area contributed by atoms with Crippen molar-refractivity contribution in [1.29, 1.82) is 0 Å². The van der Waals surface area contributed by atoms with E-state index in [1.165, 1.54) is 88.4 Å². The molecule has 0 N–H and O–H groups in total. The van der Waals surface area contributed by atoms with Gasteiger partial charge in [0.2, 0.25) is 0 Å². The Bertz CT molecular complexity index is 2360. The lowest BCUT2D eigenvalue weighted by Gasteiger charge is -2.19. The van der Waals surface area contributed by atoms with Gasteiger partial charge in [-0.2, -0.15) is 0 Å². The number of rotatable bonds is 3. The van der Waals surface area contributed by atoms with Crippen molar-refractivity contribution in [2.75, 3.05) is 0 Å². The van der Waals surface area contributed by atoms with Crippen LogP contribution < -0.4 is 0 Å². The van der Waals surface area contributed by atoms with Crippen LogP contribution in [0.3, 0.4) is 0 Å². The van der Waals surface area contributed by atoms with Crippen LogP contribution in [-0.4, -0.2) is 9.13 Å². The minimum Gasteiger partial charge on any atom is -0.309 e. The molecule has 0 unspecified atom stereocenters. The van der Waals surface area contributed by atoms with Crippen LogP contribution in [0.2, 0.25) is 0 Å². The Morgan fingerprint density at radius 3 is 1.15 bits per heavy atom. The first-order valence-corrected chi connectivity index (χ1v) is 17.2. The first-order valence-electron chi connectivity index (χ1n) is 17.2. The van der Waals surface area contributed by atoms with Crippen molar-refractivity contribution in [3.05, 3.63) is 144 Å². The molecular formula is C46H44N2. The average Bonchev–Trinajstić information content (AvgIpc) is 3.57. The lowest BCUT2D eigenvalue weighted by molar-refractivity contribution is 0.591. The van der Waals surface area contributed by atoms with Gasteiger partial charge in [0.1, 0.15) is 0 Å². The number of aromatic nitrogens is 2. The summed E-state index contributed by atoms with van der Waals surface area (Å²) in [5.74, 6) is 0. The highest BCUT2D eigenvalue weighted by Crippen LogP contribution is 2.39. The van der Waals surface area contributed by atoms with Gasteiger partial charge in [0, 0.05) is 32.9 Å². The second-order valence-electron chi connectivity index (χ2n) is 15.7. The molecule has 0 saturated heterocycles. The molecule has 0 spiro atoms. The number of hydrogen-bond donors (Lipinski definition) is 0. The van der Waals surface area contributed by atoms with Crippen molar-refractivity contribution < 1.29 is 0 Å². The first-order chi connectivity index (χ1) is 22.9. The molecule has 0 amide bonds. The molecule has 0 fully saturated rings. The van der Waals surface area contributed by atoms with Gasteiger partial charge in [0.25, 0.3) is 0 Å². The minimum atomic E-state index is 0.0855. The second kappa shape index (κ2) is 10.7. The maximum atomic E-state index is 2.44. The van der Waals surface area contributed by atoms with Gasteiger partial charge >= 0.3 is 0 Å². The largest absolute Gasteiger partial charge is 0.309 e. The quantitative estimate of drug-likeness (QED) is 0.185. The van der Waals surface area contributed by atoms with Gasteiger partial charge in [-0.05, 0) is 119 Å². The highest BCUT2D eigenvalue weighted by molar-refractivity contribution is 6.10. The van der Waals surface area contributed by atoms with Gasteiger partial charge < -0.3 is 9.13 Å². The Hall–Kier alpha value is -5.08. The maximum Gasteiger partial charge on any atom is 0.0541 e. The molecule has 6 aromatic carbocycles. The lowest BCUT2D eigenvalue weighted by atomic mass is 9.86. The predicted octanol–water partition coefficient (Wildman–Crippen LogP) is 12.8. The molecule has 0 aliphatic rings. The molecule has 238 valence electrons. The van der Waals surface area contributed by atoms with Crippen molar-refractivity contribution in [3.63, 3.8) is 0 Å². The van der Waals surface area contributed by atoms with E-state index in [1.54, 1.807) is 0 Å². The number of fused-ring (bicyclic) bond motifs is 6. The summed E-state index contributed by atoms with van der Waals surface area (Å²) in [7, 11) is 0. The molecule has 8 rings (SSSR count). The molecule has 8 aromatic rings. The summed E-state index contributed by atoms with van der Waals surface area (Å²) in [5, 5.41) is 5.19. The zero-order valence-corrected chi connectivity index (χ0v) is 29.4. The van der Waals surface area contributed by atoms with E-state index >= 15 is 0 Å². The summed E-state index contributed by atoms with van der Waals surface area (Å²) in [6.45, 7) is 18.2. The van der Waals surface area contributed by atoms with E-state index < -0.39 is 0 Å². The fourth-order valence-corrected chi connectivity index (χ4v) is 7.51. The van der Waals surface area contributed by atoms with Gasteiger partial charge in [-0.25, -0.2) is 0 Å². The van der Waals surface area contributed by atoms with Crippen LogP contribution in [0.1, 0.15) is 63.8 Å². The Labute approximate surface area is 284 Å². The third-order valence-electron chi connectivity index (χ3n) is 10.3. The summed E-state index contributed by atoms with van der Waals surface area (Å²) < 4.78 is 4.89. The number of nitrogens with zero attached hydrogens (tertiary/aromatic N) is 2. The van der Waals surface area contributed by atoms with Crippen molar-refractivity contribution in [2.24, 2.45) is 0 Å². The van der Waals surface area contributed by atoms with Gasteiger partial charge in [-0.3, -0.25) is 0 Å². The van der Waals surface area contributed by atoms with E-state index in [1.807, 2.05) is 0 Å². The van der Waals surface area contributed by atoms with E-state index in [-0.39, 0.29) is 10.8 Å². The molecule has 48 heavy (non-hydrogen) atoms. The molecule has 2 heteroatoms. The predicted molar refractivity (Wildman–Crippen MR) is 207 cm³/mol. The number of aryl methyl sites for hydroxylation is 2. The number of benzene rings is 6. The molecule has 0 saturated carbocycles. The smallest absolute Gasteiger partial charge is 0.0541 e. The summed E-state index contributed by atoms with van der Waals surface area (Å²) in [6.07, 6.45) is 0. The van der Waals surface area contributed by atoms with Crippen LogP contribution in [0.15, 0.2) is 121 Å². The highest BCUT2D eigenvalue weighted by atomic mass is 15.0. The van der Waals surface area contributed by atoms with E-state index in [2.05, 4.69) is 186 Å². The molecule has 0 radical (unpaired) electrons. The lowest BCUT2D eigenvalue weighted by Crippen LogP contribution is -2.10. The summed E-state index contributed by atoms with van der Waals surface area (Å²) in [4.78, 5) is 0. The number of hydrogen-bond acceptors (Lipinski definition) is 0. The molecule has 0 aliphatic carbocycles. The van der Waals surface area contributed by atoms with E-state index in [9.17, 15) is 0 Å². The van der Waals surface area contributed by atoms with Crippen molar-refractivity contribution in [2.45, 2.75) is 66.2 Å². The van der Waals surface area contributed by atoms with Crippen LogP contribution in [0.4, 0.5) is 0 Å². The van der Waals surface area contributed by atoms with Crippen molar-refractivity contribution in [1.82, 2.24) is 9.13 Å². The first kappa shape index (κ1) is 30.3. The third-order valence-corrected chi connectivity index (χ3v) is 10.3. The second-order valence-corrected chi connectivity index (χ2v) is 15.7. The van der Waals surface area contributed by atoms with Crippen LogP contribution in [-0.2, 0) is 10.8 Å².